The summed E-state index contributed by atoms with van der Waals surface area (Å²) < 4.78 is 2.77. The van der Waals surface area contributed by atoms with Gasteiger partial charge in [-0.25, -0.2) is 9.67 Å². The molecule has 3 N–H and O–H groups in total. The number of carbonyl (C=O) groups is 1. The molecule has 0 bridgehead atoms. The molecule has 0 radical (unpaired) electrons. The van der Waals surface area contributed by atoms with Gasteiger partial charge in [0.05, 0.1) is 22.5 Å². The van der Waals surface area contributed by atoms with Gasteiger partial charge >= 0.3 is 5.97 Å². The summed E-state index contributed by atoms with van der Waals surface area (Å²) in [5.74, 6) is -1.05. The maximum Gasteiger partial charge on any atom is 0.320 e. The number of aromatic nitrogens is 4. The summed E-state index contributed by atoms with van der Waals surface area (Å²) in [6.07, 6.45) is 1.87. The fourth-order valence-corrected chi connectivity index (χ4v) is 2.91. The molecule has 1 unspecified atom stereocenters. The molecule has 0 saturated heterocycles. The van der Waals surface area contributed by atoms with E-state index in [1.807, 2.05) is 24.3 Å². The van der Waals surface area contributed by atoms with Crippen molar-refractivity contribution in [2.45, 2.75) is 19.0 Å². The second kappa shape index (κ2) is 5.58. The Labute approximate surface area is 124 Å². The fourth-order valence-electron chi connectivity index (χ4n) is 1.95. The Balaban J connectivity index is 1.73. The summed E-state index contributed by atoms with van der Waals surface area (Å²) in [4.78, 5) is 15.2. The van der Waals surface area contributed by atoms with Gasteiger partial charge in [0.1, 0.15) is 11.0 Å². The Morgan fingerprint density at radius 3 is 3.00 bits per heavy atom. The summed E-state index contributed by atoms with van der Waals surface area (Å²) in [5.41, 5.74) is 7.00. The molecule has 0 aliphatic rings. The van der Waals surface area contributed by atoms with E-state index in [9.17, 15) is 4.79 Å². The van der Waals surface area contributed by atoms with Crippen LogP contribution in [0.3, 0.4) is 0 Å². The minimum Gasteiger partial charge on any atom is -0.480 e. The van der Waals surface area contributed by atoms with E-state index >= 15 is 0 Å². The highest BCUT2D eigenvalue weighted by atomic mass is 32.1. The van der Waals surface area contributed by atoms with Crippen molar-refractivity contribution < 1.29 is 9.90 Å². The number of hydrogen-bond donors (Lipinski definition) is 2. The molecule has 2 heterocycles. The largest absolute Gasteiger partial charge is 0.480 e. The Morgan fingerprint density at radius 1 is 1.43 bits per heavy atom. The van der Waals surface area contributed by atoms with Gasteiger partial charge in [-0.15, -0.1) is 16.4 Å². The van der Waals surface area contributed by atoms with Crippen molar-refractivity contribution in [1.82, 2.24) is 20.0 Å². The second-order valence-electron chi connectivity index (χ2n) is 4.63. The first-order valence-electron chi connectivity index (χ1n) is 6.33. The van der Waals surface area contributed by atoms with Crippen LogP contribution >= 0.6 is 11.3 Å². The summed E-state index contributed by atoms with van der Waals surface area (Å²) >= 11 is 1.60. The number of nitrogens with zero attached hydrogens (tertiary/aromatic N) is 4. The Hall–Kier alpha value is -2.32. The predicted molar refractivity (Wildman–Crippen MR) is 78.1 cm³/mol. The van der Waals surface area contributed by atoms with E-state index in [1.54, 1.807) is 22.2 Å². The number of fused-ring (bicyclic) bond motifs is 1. The second-order valence-corrected chi connectivity index (χ2v) is 5.75. The van der Waals surface area contributed by atoms with Gasteiger partial charge in [-0.2, -0.15) is 0 Å². The monoisotopic (exact) mass is 303 g/mol. The molecule has 0 amide bonds. The SMILES string of the molecule is NC(Cc1cn(Cc2nc3ccccc3s2)nn1)C(=O)O. The van der Waals surface area contributed by atoms with Crippen LogP contribution < -0.4 is 5.73 Å². The number of thiazole rings is 1. The van der Waals surface area contributed by atoms with E-state index in [0.29, 0.717) is 12.2 Å². The van der Waals surface area contributed by atoms with E-state index in [4.69, 9.17) is 10.8 Å². The van der Waals surface area contributed by atoms with Gasteiger partial charge in [0, 0.05) is 12.6 Å². The molecule has 0 aliphatic carbocycles. The highest BCUT2D eigenvalue weighted by molar-refractivity contribution is 7.18. The van der Waals surface area contributed by atoms with Gasteiger partial charge in [0.25, 0.3) is 0 Å². The number of carboxylic acid groups (broad SMARTS) is 1. The van der Waals surface area contributed by atoms with Gasteiger partial charge in [0.15, 0.2) is 0 Å². The van der Waals surface area contributed by atoms with Crippen LogP contribution in [0.15, 0.2) is 30.5 Å². The molecule has 1 aromatic carbocycles. The third-order valence-corrected chi connectivity index (χ3v) is 3.99. The van der Waals surface area contributed by atoms with Crippen molar-refractivity contribution in [3.63, 3.8) is 0 Å². The molecule has 7 nitrogen and oxygen atoms in total. The third-order valence-electron chi connectivity index (χ3n) is 2.97. The van der Waals surface area contributed by atoms with E-state index in [1.165, 1.54) is 0 Å². The first kappa shape index (κ1) is 13.7. The fraction of sp³-hybridized carbons (Fsp3) is 0.231. The average molecular weight is 303 g/mol. The van der Waals surface area contributed by atoms with Crippen LogP contribution in [-0.4, -0.2) is 37.1 Å². The zero-order valence-corrected chi connectivity index (χ0v) is 11.8. The van der Waals surface area contributed by atoms with Crippen LogP contribution in [-0.2, 0) is 17.8 Å². The molecule has 2 aromatic heterocycles. The van der Waals surface area contributed by atoms with Crippen LogP contribution in [0.1, 0.15) is 10.7 Å². The summed E-state index contributed by atoms with van der Waals surface area (Å²) in [7, 11) is 0. The van der Waals surface area contributed by atoms with Gasteiger partial charge in [-0.1, -0.05) is 17.3 Å². The lowest BCUT2D eigenvalue weighted by Gasteiger charge is -2.01. The number of para-hydroxylation sites is 1. The standard InChI is InChI=1S/C13H13N5O2S/c14-9(13(19)20)5-8-6-18(17-16-8)7-12-15-10-3-1-2-4-11(10)21-12/h1-4,6,9H,5,7,14H2,(H,19,20). The summed E-state index contributed by atoms with van der Waals surface area (Å²) in [6.45, 7) is 0.509. The van der Waals surface area contributed by atoms with Crippen LogP contribution in [0.4, 0.5) is 0 Å². The van der Waals surface area contributed by atoms with Crippen LogP contribution in [0, 0.1) is 0 Å². The van der Waals surface area contributed by atoms with Crippen LogP contribution in [0.2, 0.25) is 0 Å². The van der Waals surface area contributed by atoms with Crippen molar-refractivity contribution in [1.29, 1.82) is 0 Å². The van der Waals surface area contributed by atoms with Crippen molar-refractivity contribution in [3.8, 4) is 0 Å². The molecular formula is C13H13N5O2S. The Bertz CT molecular complexity index is 749. The first-order chi connectivity index (χ1) is 10.1. The molecular weight excluding hydrogens is 290 g/mol. The Morgan fingerprint density at radius 2 is 2.24 bits per heavy atom. The molecule has 108 valence electrons. The molecule has 1 atom stereocenters. The quantitative estimate of drug-likeness (QED) is 0.725. The van der Waals surface area contributed by atoms with Gasteiger partial charge in [0.2, 0.25) is 0 Å². The summed E-state index contributed by atoms with van der Waals surface area (Å²) in [6, 6.07) is 6.96. The zero-order valence-electron chi connectivity index (χ0n) is 11.0. The normalized spacial score (nSPS) is 12.6. The van der Waals surface area contributed by atoms with Crippen molar-refractivity contribution in [2.75, 3.05) is 0 Å². The number of hydrogen-bond acceptors (Lipinski definition) is 6. The molecule has 0 fully saturated rings. The minimum absolute atomic E-state index is 0.162. The van der Waals surface area contributed by atoms with Gasteiger partial charge < -0.3 is 10.8 Å². The maximum absolute atomic E-state index is 10.7. The number of aliphatic carboxylic acids is 1. The number of nitrogens with two attached hydrogens (primary N) is 1. The molecule has 21 heavy (non-hydrogen) atoms. The van der Waals surface area contributed by atoms with Gasteiger partial charge in [-0.05, 0) is 12.1 Å². The smallest absolute Gasteiger partial charge is 0.320 e. The first-order valence-corrected chi connectivity index (χ1v) is 7.15. The van der Waals surface area contributed by atoms with Crippen LogP contribution in [0.25, 0.3) is 10.2 Å². The maximum atomic E-state index is 10.7. The number of carboxylic acids is 1. The van der Waals surface area contributed by atoms with E-state index < -0.39 is 12.0 Å². The van der Waals surface area contributed by atoms with Crippen molar-refractivity contribution in [3.05, 3.63) is 41.2 Å². The van der Waals surface area contributed by atoms with E-state index in [-0.39, 0.29) is 6.42 Å². The molecule has 0 spiro atoms. The number of rotatable bonds is 5. The van der Waals surface area contributed by atoms with Crippen molar-refractivity contribution >= 4 is 27.5 Å². The van der Waals surface area contributed by atoms with Crippen LogP contribution in [0.5, 0.6) is 0 Å². The average Bonchev–Trinajstić information content (AvgIpc) is 3.05. The summed E-state index contributed by atoms with van der Waals surface area (Å²) in [5, 5.41) is 17.6. The topological polar surface area (TPSA) is 107 Å². The van der Waals surface area contributed by atoms with E-state index in [0.717, 1.165) is 15.2 Å². The lowest BCUT2D eigenvalue weighted by atomic mass is 10.2. The lowest BCUT2D eigenvalue weighted by Crippen LogP contribution is -2.32. The zero-order chi connectivity index (χ0) is 14.8. The highest BCUT2D eigenvalue weighted by Crippen LogP contribution is 2.21. The Kier molecular flexibility index (Phi) is 3.63. The third kappa shape index (κ3) is 3.06. The number of benzene rings is 1. The molecule has 0 saturated carbocycles. The van der Waals surface area contributed by atoms with Gasteiger partial charge in [-0.3, -0.25) is 4.79 Å². The molecule has 3 aromatic rings. The predicted octanol–water partition coefficient (Wildman–Crippen LogP) is 0.890. The molecule has 3 rings (SSSR count). The lowest BCUT2D eigenvalue weighted by molar-refractivity contribution is -0.138. The van der Waals surface area contributed by atoms with E-state index in [2.05, 4.69) is 15.3 Å². The highest BCUT2D eigenvalue weighted by Gasteiger charge is 2.14. The molecule has 0 aliphatic heterocycles. The molecule has 8 heteroatoms. The minimum atomic E-state index is -1.05. The van der Waals surface area contributed by atoms with Crippen molar-refractivity contribution in [2.24, 2.45) is 5.73 Å².